The lowest BCUT2D eigenvalue weighted by atomic mass is 10.2. The first-order valence-electron chi connectivity index (χ1n) is 10.1. The van der Waals surface area contributed by atoms with E-state index in [1.54, 1.807) is 18.2 Å². The summed E-state index contributed by atoms with van der Waals surface area (Å²) >= 11 is 0.961. The average molecular weight is 447 g/mol. The summed E-state index contributed by atoms with van der Waals surface area (Å²) in [6.45, 7) is 4.19. The van der Waals surface area contributed by atoms with Gasteiger partial charge in [-0.1, -0.05) is 30.3 Å². The van der Waals surface area contributed by atoms with E-state index in [0.717, 1.165) is 40.0 Å². The van der Waals surface area contributed by atoms with E-state index in [9.17, 15) is 14.4 Å². The number of nitrogens with zero attached hydrogens (tertiary/aromatic N) is 2. The van der Waals surface area contributed by atoms with Crippen molar-refractivity contribution < 1.29 is 19.1 Å². The van der Waals surface area contributed by atoms with Crippen LogP contribution in [0.25, 0.3) is 11.8 Å². The summed E-state index contributed by atoms with van der Waals surface area (Å²) < 4.78 is 6.80. The van der Waals surface area contributed by atoms with Crippen molar-refractivity contribution >= 4 is 35.0 Å². The second-order valence-corrected chi connectivity index (χ2v) is 8.45. The Morgan fingerprint density at radius 3 is 2.38 bits per heavy atom. The molecule has 2 aromatic carbocycles. The fourth-order valence-corrected chi connectivity index (χ4v) is 4.57. The molecule has 0 unspecified atom stereocenters. The molecule has 0 atom stereocenters. The fraction of sp³-hybridized carbons (Fsp3) is 0.160. The van der Waals surface area contributed by atoms with Crippen molar-refractivity contribution in [2.24, 2.45) is 0 Å². The summed E-state index contributed by atoms with van der Waals surface area (Å²) in [4.78, 5) is 38.7. The standard InChI is InChI=1S/C25H22N2O4S/c1-16-13-20(17(2)27(16)21-11-9-19(10-12-21)24(29)31-3)14-22-23(28)26(25(30)32-22)15-18-7-5-4-6-8-18/h4-14H,15H2,1-3H3/b22-14-. The number of esters is 1. The first kappa shape index (κ1) is 21.6. The molecule has 3 aromatic rings. The Balaban J connectivity index is 1.61. The molecule has 0 bridgehead atoms. The van der Waals surface area contributed by atoms with Crippen molar-refractivity contribution in [1.29, 1.82) is 0 Å². The van der Waals surface area contributed by atoms with Crippen molar-refractivity contribution in [2.75, 3.05) is 7.11 Å². The molecule has 1 aliphatic heterocycles. The first-order valence-corrected chi connectivity index (χ1v) is 10.9. The topological polar surface area (TPSA) is 68.6 Å². The third-order valence-corrected chi connectivity index (χ3v) is 6.27. The van der Waals surface area contributed by atoms with Gasteiger partial charge in [0, 0.05) is 17.1 Å². The van der Waals surface area contributed by atoms with Gasteiger partial charge in [0.15, 0.2) is 0 Å². The molecule has 0 spiro atoms. The zero-order valence-electron chi connectivity index (χ0n) is 18.0. The summed E-state index contributed by atoms with van der Waals surface area (Å²) in [6, 6.07) is 18.6. The Bertz CT molecular complexity index is 1230. The van der Waals surface area contributed by atoms with E-state index in [1.807, 2.05) is 66.9 Å². The molecule has 4 rings (SSSR count). The minimum Gasteiger partial charge on any atom is -0.465 e. The Morgan fingerprint density at radius 2 is 1.72 bits per heavy atom. The highest BCUT2D eigenvalue weighted by Crippen LogP contribution is 2.34. The van der Waals surface area contributed by atoms with Crippen LogP contribution in [0, 0.1) is 13.8 Å². The van der Waals surface area contributed by atoms with Crippen LogP contribution in [0.2, 0.25) is 0 Å². The molecule has 0 N–H and O–H groups in total. The Kier molecular flexibility index (Phi) is 6.01. The normalized spacial score (nSPS) is 15.0. The molecular formula is C25H22N2O4S. The largest absolute Gasteiger partial charge is 0.465 e. The minimum absolute atomic E-state index is 0.258. The maximum absolute atomic E-state index is 12.9. The Morgan fingerprint density at radius 1 is 1.03 bits per heavy atom. The van der Waals surface area contributed by atoms with Crippen molar-refractivity contribution in [3.8, 4) is 5.69 Å². The van der Waals surface area contributed by atoms with Crippen LogP contribution in [-0.4, -0.2) is 33.7 Å². The molecule has 2 heterocycles. The summed E-state index contributed by atoms with van der Waals surface area (Å²) in [5, 5.41) is -0.266. The van der Waals surface area contributed by atoms with E-state index in [1.165, 1.54) is 12.0 Å². The highest BCUT2D eigenvalue weighted by molar-refractivity contribution is 8.18. The monoisotopic (exact) mass is 446 g/mol. The highest BCUT2D eigenvalue weighted by Gasteiger charge is 2.35. The van der Waals surface area contributed by atoms with Crippen LogP contribution in [0.3, 0.4) is 0 Å². The van der Waals surface area contributed by atoms with Gasteiger partial charge in [-0.25, -0.2) is 4.79 Å². The lowest BCUT2D eigenvalue weighted by Gasteiger charge is -2.12. The number of aromatic nitrogens is 1. The van der Waals surface area contributed by atoms with Gasteiger partial charge in [0.25, 0.3) is 11.1 Å². The number of imide groups is 1. The molecule has 7 heteroatoms. The Labute approximate surface area is 190 Å². The van der Waals surface area contributed by atoms with E-state index in [-0.39, 0.29) is 23.7 Å². The molecule has 32 heavy (non-hydrogen) atoms. The number of thioether (sulfide) groups is 1. The van der Waals surface area contributed by atoms with Gasteiger partial charge in [-0.3, -0.25) is 14.5 Å². The van der Waals surface area contributed by atoms with E-state index >= 15 is 0 Å². The van der Waals surface area contributed by atoms with Gasteiger partial charge >= 0.3 is 5.97 Å². The van der Waals surface area contributed by atoms with E-state index in [2.05, 4.69) is 0 Å². The second-order valence-electron chi connectivity index (χ2n) is 7.45. The molecule has 162 valence electrons. The van der Waals surface area contributed by atoms with Crippen molar-refractivity contribution in [3.63, 3.8) is 0 Å². The molecule has 6 nitrogen and oxygen atoms in total. The summed E-state index contributed by atoms with van der Waals surface area (Å²) in [6.07, 6.45) is 1.78. The molecule has 0 aliphatic carbocycles. The van der Waals surface area contributed by atoms with Gasteiger partial charge in [-0.05, 0) is 73.1 Å². The summed E-state index contributed by atoms with van der Waals surface area (Å²) in [5.74, 6) is -0.666. The minimum atomic E-state index is -0.385. The van der Waals surface area contributed by atoms with Crippen LogP contribution in [0.4, 0.5) is 4.79 Å². The van der Waals surface area contributed by atoms with Crippen molar-refractivity contribution in [1.82, 2.24) is 9.47 Å². The molecular weight excluding hydrogens is 424 g/mol. The molecule has 1 aliphatic rings. The van der Waals surface area contributed by atoms with Gasteiger partial charge < -0.3 is 9.30 Å². The van der Waals surface area contributed by atoms with Crippen LogP contribution < -0.4 is 0 Å². The maximum atomic E-state index is 12.9. The third-order valence-electron chi connectivity index (χ3n) is 5.36. The van der Waals surface area contributed by atoms with Gasteiger partial charge in [-0.2, -0.15) is 0 Å². The van der Waals surface area contributed by atoms with E-state index < -0.39 is 0 Å². The quantitative estimate of drug-likeness (QED) is 0.402. The number of rotatable bonds is 5. The number of carbonyl (C=O) groups is 3. The van der Waals surface area contributed by atoms with Gasteiger partial charge in [0.1, 0.15) is 0 Å². The number of hydrogen-bond donors (Lipinski definition) is 0. The van der Waals surface area contributed by atoms with Gasteiger partial charge in [0.2, 0.25) is 0 Å². The number of carbonyl (C=O) groups excluding carboxylic acids is 3. The van der Waals surface area contributed by atoms with Crippen molar-refractivity contribution in [2.45, 2.75) is 20.4 Å². The molecule has 0 saturated carbocycles. The smallest absolute Gasteiger partial charge is 0.337 e. The van der Waals surface area contributed by atoms with E-state index in [4.69, 9.17) is 4.74 Å². The lowest BCUT2D eigenvalue weighted by Crippen LogP contribution is -2.27. The van der Waals surface area contributed by atoms with E-state index in [0.29, 0.717) is 10.5 Å². The van der Waals surface area contributed by atoms with Crippen LogP contribution in [-0.2, 0) is 16.1 Å². The molecule has 0 radical (unpaired) electrons. The molecule has 1 saturated heterocycles. The highest BCUT2D eigenvalue weighted by atomic mass is 32.2. The molecule has 1 aromatic heterocycles. The van der Waals surface area contributed by atoms with Crippen LogP contribution >= 0.6 is 11.8 Å². The average Bonchev–Trinajstić information content (AvgIpc) is 3.23. The van der Waals surface area contributed by atoms with Crippen LogP contribution in [0.1, 0.15) is 32.9 Å². The first-order chi connectivity index (χ1) is 15.4. The van der Waals surface area contributed by atoms with Gasteiger partial charge in [0.05, 0.1) is 24.1 Å². The Hall–Kier alpha value is -3.58. The van der Waals surface area contributed by atoms with Crippen LogP contribution in [0.15, 0.2) is 65.6 Å². The zero-order chi connectivity index (χ0) is 22.8. The lowest BCUT2D eigenvalue weighted by molar-refractivity contribution is -0.123. The molecule has 1 fully saturated rings. The predicted octanol–water partition coefficient (Wildman–Crippen LogP) is 5.12. The number of ether oxygens (including phenoxy) is 1. The number of aryl methyl sites for hydroxylation is 1. The van der Waals surface area contributed by atoms with Gasteiger partial charge in [-0.15, -0.1) is 0 Å². The zero-order valence-corrected chi connectivity index (χ0v) is 18.8. The van der Waals surface area contributed by atoms with Crippen molar-refractivity contribution in [3.05, 3.63) is 93.6 Å². The predicted molar refractivity (Wildman–Crippen MR) is 125 cm³/mol. The summed E-state index contributed by atoms with van der Waals surface area (Å²) in [7, 11) is 1.35. The fourth-order valence-electron chi connectivity index (χ4n) is 3.74. The number of hydrogen-bond acceptors (Lipinski definition) is 5. The third kappa shape index (κ3) is 4.11. The number of methoxy groups -OCH3 is 1. The number of benzene rings is 2. The summed E-state index contributed by atoms with van der Waals surface area (Å²) in [5.41, 5.74) is 5.05. The molecule has 2 amide bonds. The van der Waals surface area contributed by atoms with Crippen LogP contribution in [0.5, 0.6) is 0 Å². The maximum Gasteiger partial charge on any atom is 0.337 e. The number of amides is 2. The second kappa shape index (κ2) is 8.88. The SMILES string of the molecule is COC(=O)c1ccc(-n2c(C)cc(/C=C3\SC(=O)N(Cc4ccccc4)C3=O)c2C)cc1.